The van der Waals surface area contributed by atoms with E-state index in [4.69, 9.17) is 0 Å². The van der Waals surface area contributed by atoms with Crippen molar-refractivity contribution in [3.8, 4) is 0 Å². The van der Waals surface area contributed by atoms with Crippen LogP contribution in [0.5, 0.6) is 0 Å². The van der Waals surface area contributed by atoms with E-state index in [-0.39, 0.29) is 12.3 Å². The number of anilines is 1. The highest BCUT2D eigenvalue weighted by Gasteiger charge is 2.26. The maximum atomic E-state index is 11.9. The van der Waals surface area contributed by atoms with E-state index in [1.807, 2.05) is 23.9 Å². The lowest BCUT2D eigenvalue weighted by Crippen LogP contribution is -2.49. The van der Waals surface area contributed by atoms with Crippen molar-refractivity contribution in [3.05, 3.63) is 30.0 Å². The molecule has 0 spiro atoms. The summed E-state index contributed by atoms with van der Waals surface area (Å²) >= 11 is 0. The van der Waals surface area contributed by atoms with Crippen LogP contribution in [0.2, 0.25) is 0 Å². The number of aromatic nitrogens is 1. The number of rotatable bonds is 2. The van der Waals surface area contributed by atoms with E-state index in [0.29, 0.717) is 17.8 Å². The number of benzene rings is 1. The van der Waals surface area contributed by atoms with Crippen LogP contribution in [0.3, 0.4) is 0 Å². The van der Waals surface area contributed by atoms with E-state index < -0.39 is 6.03 Å². The van der Waals surface area contributed by atoms with Gasteiger partial charge in [0.15, 0.2) is 6.29 Å². The van der Waals surface area contributed by atoms with Crippen LogP contribution >= 0.6 is 0 Å². The molecular weight excluding hydrogens is 258 g/mol. The molecule has 1 N–H and O–H groups in total. The number of carbonyl (C=O) groups excluding carboxylic acids is 3. The zero-order valence-corrected chi connectivity index (χ0v) is 10.9. The lowest BCUT2D eigenvalue weighted by Gasteiger charge is -2.27. The summed E-state index contributed by atoms with van der Waals surface area (Å²) in [6.45, 7) is 0.342. The first-order valence-corrected chi connectivity index (χ1v) is 6.26. The number of amides is 3. The molecule has 6 nitrogen and oxygen atoms in total. The Bertz CT molecular complexity index is 733. The van der Waals surface area contributed by atoms with Crippen LogP contribution < -0.4 is 10.2 Å². The van der Waals surface area contributed by atoms with Crippen molar-refractivity contribution in [2.75, 3.05) is 11.4 Å². The monoisotopic (exact) mass is 271 g/mol. The highest BCUT2D eigenvalue weighted by Crippen LogP contribution is 2.30. The zero-order chi connectivity index (χ0) is 14.3. The molecule has 0 aliphatic carbocycles. The molecule has 0 saturated carbocycles. The van der Waals surface area contributed by atoms with E-state index in [2.05, 4.69) is 5.32 Å². The van der Waals surface area contributed by atoms with Crippen LogP contribution in [-0.4, -0.2) is 29.3 Å². The number of aryl methyl sites for hydroxylation is 1. The van der Waals surface area contributed by atoms with Crippen molar-refractivity contribution < 1.29 is 14.4 Å². The molecule has 3 rings (SSSR count). The number of nitrogens with zero attached hydrogens (tertiary/aromatic N) is 2. The van der Waals surface area contributed by atoms with Crippen molar-refractivity contribution in [1.82, 2.24) is 9.88 Å². The van der Waals surface area contributed by atoms with E-state index in [0.717, 1.165) is 17.2 Å². The maximum absolute atomic E-state index is 11.9. The Kier molecular flexibility index (Phi) is 2.78. The number of fused-ring (bicyclic) bond motifs is 1. The second-order valence-corrected chi connectivity index (χ2v) is 4.74. The molecule has 1 aliphatic rings. The first-order valence-electron chi connectivity index (χ1n) is 6.26. The van der Waals surface area contributed by atoms with Crippen LogP contribution in [0.4, 0.5) is 10.5 Å². The number of imide groups is 1. The summed E-state index contributed by atoms with van der Waals surface area (Å²) in [7, 11) is 1.85. The average molecular weight is 271 g/mol. The van der Waals surface area contributed by atoms with E-state index in [9.17, 15) is 14.4 Å². The van der Waals surface area contributed by atoms with Gasteiger partial charge >= 0.3 is 6.03 Å². The number of hydrogen-bond donors (Lipinski definition) is 1. The Hall–Kier alpha value is -2.63. The maximum Gasteiger partial charge on any atom is 0.328 e. The summed E-state index contributed by atoms with van der Waals surface area (Å²) in [4.78, 5) is 35.8. The molecule has 2 heterocycles. The lowest BCUT2D eigenvalue weighted by molar-refractivity contribution is -0.120. The first-order chi connectivity index (χ1) is 9.61. The third kappa shape index (κ3) is 1.77. The average Bonchev–Trinajstić information content (AvgIpc) is 2.81. The fraction of sp³-hybridized carbons (Fsp3) is 0.214. The molecule has 0 radical (unpaired) electrons. The molecule has 3 amide bonds. The van der Waals surface area contributed by atoms with Gasteiger partial charge in [-0.15, -0.1) is 0 Å². The molecule has 1 aromatic heterocycles. The molecule has 1 fully saturated rings. The lowest BCUT2D eigenvalue weighted by atomic mass is 10.1. The van der Waals surface area contributed by atoms with Crippen LogP contribution in [0.1, 0.15) is 16.8 Å². The molecular formula is C14H13N3O3. The molecule has 0 bridgehead atoms. The van der Waals surface area contributed by atoms with Crippen LogP contribution in [0.25, 0.3) is 10.9 Å². The van der Waals surface area contributed by atoms with Gasteiger partial charge in [0.05, 0.1) is 11.2 Å². The topological polar surface area (TPSA) is 71.4 Å². The summed E-state index contributed by atoms with van der Waals surface area (Å²) in [6.07, 6.45) is 2.91. The molecule has 1 aromatic carbocycles. The molecule has 0 unspecified atom stereocenters. The predicted octanol–water partition coefficient (Wildman–Crippen LogP) is 1.44. The van der Waals surface area contributed by atoms with Gasteiger partial charge in [0, 0.05) is 37.2 Å². The normalized spacial score (nSPS) is 15.6. The Labute approximate surface area is 115 Å². The smallest absolute Gasteiger partial charge is 0.328 e. The Morgan fingerprint density at radius 2 is 2.05 bits per heavy atom. The summed E-state index contributed by atoms with van der Waals surface area (Å²) in [5, 5.41) is 3.12. The highest BCUT2D eigenvalue weighted by atomic mass is 16.2. The molecule has 102 valence electrons. The van der Waals surface area contributed by atoms with Gasteiger partial charge in [0.1, 0.15) is 0 Å². The van der Waals surface area contributed by atoms with Crippen LogP contribution in [0.15, 0.2) is 24.4 Å². The standard InChI is InChI=1S/C14H13N3O3/c1-16-6-4-10-11(3-2-9(8-18)13(10)16)17-7-5-12(19)15-14(17)20/h2-4,6,8H,5,7H2,1H3,(H,15,19,20). The number of hydrogen-bond acceptors (Lipinski definition) is 3. The van der Waals surface area contributed by atoms with Gasteiger partial charge in [-0.2, -0.15) is 0 Å². The molecule has 1 saturated heterocycles. The second kappa shape index (κ2) is 4.48. The van der Waals surface area contributed by atoms with E-state index in [1.54, 1.807) is 12.1 Å². The molecule has 1 aliphatic heterocycles. The fourth-order valence-electron chi connectivity index (χ4n) is 2.56. The van der Waals surface area contributed by atoms with Gasteiger partial charge < -0.3 is 4.57 Å². The number of carbonyl (C=O) groups is 3. The minimum atomic E-state index is -0.426. The second-order valence-electron chi connectivity index (χ2n) is 4.74. The van der Waals surface area contributed by atoms with Gasteiger partial charge in [0.2, 0.25) is 5.91 Å². The zero-order valence-electron chi connectivity index (χ0n) is 10.9. The summed E-state index contributed by atoms with van der Waals surface area (Å²) < 4.78 is 1.84. The molecule has 6 heteroatoms. The van der Waals surface area contributed by atoms with Crippen molar-refractivity contribution in [2.24, 2.45) is 7.05 Å². The third-order valence-corrected chi connectivity index (χ3v) is 3.51. The highest BCUT2D eigenvalue weighted by molar-refractivity contribution is 6.11. The summed E-state index contributed by atoms with van der Waals surface area (Å²) in [5.41, 5.74) is 2.06. The largest absolute Gasteiger partial charge is 0.350 e. The Morgan fingerprint density at radius 1 is 1.25 bits per heavy atom. The fourth-order valence-corrected chi connectivity index (χ4v) is 2.56. The van der Waals surface area contributed by atoms with Gasteiger partial charge in [-0.25, -0.2) is 4.79 Å². The van der Waals surface area contributed by atoms with Crippen molar-refractivity contribution >= 4 is 34.8 Å². The van der Waals surface area contributed by atoms with Gasteiger partial charge in [-0.3, -0.25) is 19.8 Å². The minimum Gasteiger partial charge on any atom is -0.350 e. The van der Waals surface area contributed by atoms with Crippen LogP contribution in [0, 0.1) is 0 Å². The van der Waals surface area contributed by atoms with Gasteiger partial charge in [-0.05, 0) is 18.2 Å². The summed E-state index contributed by atoms with van der Waals surface area (Å²) in [6, 6.07) is 4.86. The SMILES string of the molecule is Cn1ccc2c(N3CCC(=O)NC3=O)ccc(C=O)c21. The summed E-state index contributed by atoms with van der Waals surface area (Å²) in [5.74, 6) is -0.264. The quantitative estimate of drug-likeness (QED) is 0.840. The van der Waals surface area contributed by atoms with E-state index >= 15 is 0 Å². The number of nitrogens with one attached hydrogen (secondary N) is 1. The van der Waals surface area contributed by atoms with Gasteiger partial charge in [0.25, 0.3) is 0 Å². The predicted molar refractivity (Wildman–Crippen MR) is 73.8 cm³/mol. The Balaban J connectivity index is 2.15. The molecule has 0 atom stereocenters. The van der Waals surface area contributed by atoms with Crippen molar-refractivity contribution in [1.29, 1.82) is 0 Å². The molecule has 2 aromatic rings. The van der Waals surface area contributed by atoms with Crippen molar-refractivity contribution in [3.63, 3.8) is 0 Å². The first kappa shape index (κ1) is 12.4. The molecule has 20 heavy (non-hydrogen) atoms. The van der Waals surface area contributed by atoms with Gasteiger partial charge in [-0.1, -0.05) is 0 Å². The third-order valence-electron chi connectivity index (χ3n) is 3.51. The number of urea groups is 1. The van der Waals surface area contributed by atoms with Crippen molar-refractivity contribution in [2.45, 2.75) is 6.42 Å². The van der Waals surface area contributed by atoms with E-state index in [1.165, 1.54) is 4.90 Å². The minimum absolute atomic E-state index is 0.264. The Morgan fingerprint density at radius 3 is 2.75 bits per heavy atom. The van der Waals surface area contributed by atoms with Crippen LogP contribution in [-0.2, 0) is 11.8 Å². The number of aldehydes is 1.